The van der Waals surface area contributed by atoms with E-state index in [1.807, 2.05) is 30.9 Å². The second-order valence-electron chi connectivity index (χ2n) is 16.9. The Bertz CT molecular complexity index is 2040. The van der Waals surface area contributed by atoms with Gasteiger partial charge in [-0.05, 0) is 25.5 Å². The van der Waals surface area contributed by atoms with Gasteiger partial charge in [-0.25, -0.2) is 18.8 Å². The number of hydrogen-bond acceptors (Lipinski definition) is 20. The van der Waals surface area contributed by atoms with Crippen molar-refractivity contribution in [3.8, 4) is 5.75 Å². The van der Waals surface area contributed by atoms with E-state index in [4.69, 9.17) is 62.7 Å². The molecule has 0 saturated carbocycles. The van der Waals surface area contributed by atoms with Crippen LogP contribution in [-0.4, -0.2) is 223 Å². The standard InChI is InChI=1S/C51H77F4N5O16S/c1-3-7-60(75-4-2)51(63)39-34-44-43(57-45(56)35-39)36-40(77-44)38-58-8-10-59(11-9-58)46(61)5-12-64-14-16-66-18-20-68-22-24-70-26-28-72-30-32-74-33-31-73-29-27-71-25-23-69-21-19-67-17-15-65-13-6-47(62)76-50-48(54)41(52)37-42(53)49(50)55/h34,36-37H,3-33,35,38H2,1-2H3,(H2,56,57). The third kappa shape index (κ3) is 27.0. The van der Waals surface area contributed by atoms with Gasteiger partial charge in [0.2, 0.25) is 23.3 Å². The minimum Gasteiger partial charge on any atom is -0.420 e. The molecular weight excluding hydrogens is 1050 g/mol. The number of piperazine rings is 1. The van der Waals surface area contributed by atoms with Crippen LogP contribution in [0, 0.1) is 23.3 Å². The fourth-order valence-electron chi connectivity index (χ4n) is 7.15. The molecule has 77 heavy (non-hydrogen) atoms. The number of esters is 1. The van der Waals surface area contributed by atoms with E-state index in [2.05, 4.69) is 14.6 Å². The third-order valence-electron chi connectivity index (χ3n) is 11.0. The Morgan fingerprint density at radius 1 is 0.610 bits per heavy atom. The van der Waals surface area contributed by atoms with Gasteiger partial charge in [0.25, 0.3) is 5.91 Å². The normalized spacial score (nSPS) is 13.9. The molecule has 0 radical (unpaired) electrons. The smallest absolute Gasteiger partial charge is 0.313 e. The van der Waals surface area contributed by atoms with Crippen molar-refractivity contribution in [2.75, 3.05) is 185 Å². The molecule has 1 saturated heterocycles. The molecule has 2 aromatic rings. The largest absolute Gasteiger partial charge is 0.420 e. The summed E-state index contributed by atoms with van der Waals surface area (Å²) in [6.45, 7) is 16.0. The average molecular weight is 1120 g/mol. The zero-order valence-electron chi connectivity index (χ0n) is 44.4. The van der Waals surface area contributed by atoms with Crippen molar-refractivity contribution in [3.63, 3.8) is 0 Å². The molecule has 0 aliphatic carbocycles. The Morgan fingerprint density at radius 3 is 1.47 bits per heavy atom. The van der Waals surface area contributed by atoms with E-state index in [9.17, 15) is 31.9 Å². The zero-order chi connectivity index (χ0) is 55.3. The van der Waals surface area contributed by atoms with E-state index in [1.54, 1.807) is 11.3 Å². The molecule has 0 atom stereocenters. The summed E-state index contributed by atoms with van der Waals surface area (Å²) in [7, 11) is 0. The zero-order valence-corrected chi connectivity index (χ0v) is 45.2. The Kier molecular flexibility index (Phi) is 33.9. The molecule has 26 heteroatoms. The van der Waals surface area contributed by atoms with Crippen LogP contribution in [0.25, 0.3) is 6.08 Å². The van der Waals surface area contributed by atoms with Crippen LogP contribution in [0.2, 0.25) is 0 Å². The fraction of sp³-hybridized carbons (Fsp3) is 0.686. The Labute approximate surface area is 451 Å². The second kappa shape index (κ2) is 40.0. The summed E-state index contributed by atoms with van der Waals surface area (Å²) in [6.07, 6.45) is 2.85. The lowest BCUT2D eigenvalue weighted by Gasteiger charge is -2.34. The second-order valence-corrected chi connectivity index (χ2v) is 18.1. The number of aliphatic imine (C=N–C) groups is 1. The third-order valence-corrected chi connectivity index (χ3v) is 12.0. The number of carbonyl (C=O) groups is 3. The van der Waals surface area contributed by atoms with Crippen molar-refractivity contribution in [2.24, 2.45) is 10.7 Å². The van der Waals surface area contributed by atoms with Crippen LogP contribution in [0.1, 0.15) is 49.3 Å². The molecule has 21 nitrogen and oxygen atoms in total. The van der Waals surface area contributed by atoms with Gasteiger partial charge in [-0.2, -0.15) is 8.78 Å². The number of amides is 2. The maximum atomic E-state index is 13.6. The van der Waals surface area contributed by atoms with E-state index in [1.165, 1.54) is 5.06 Å². The molecule has 3 heterocycles. The Balaban J connectivity index is 0.821. The van der Waals surface area contributed by atoms with Crippen LogP contribution >= 0.6 is 11.3 Å². The van der Waals surface area contributed by atoms with Gasteiger partial charge in [-0.3, -0.25) is 24.1 Å². The highest BCUT2D eigenvalue weighted by Crippen LogP contribution is 2.36. The van der Waals surface area contributed by atoms with Gasteiger partial charge in [0.15, 0.2) is 11.6 Å². The molecule has 0 bridgehead atoms. The maximum Gasteiger partial charge on any atom is 0.313 e. The highest BCUT2D eigenvalue weighted by atomic mass is 32.1. The number of nitrogens with two attached hydrogens (primary N) is 1. The lowest BCUT2D eigenvalue weighted by Crippen LogP contribution is -2.48. The first-order valence-electron chi connectivity index (χ1n) is 26.0. The molecule has 2 aliphatic rings. The van der Waals surface area contributed by atoms with Crippen molar-refractivity contribution in [1.29, 1.82) is 0 Å². The summed E-state index contributed by atoms with van der Waals surface area (Å²) in [5.74, 6) is -9.24. The molecule has 1 aromatic heterocycles. The topological polar surface area (TPSA) is 219 Å². The van der Waals surface area contributed by atoms with Gasteiger partial charge in [-0.1, -0.05) is 6.92 Å². The minimum absolute atomic E-state index is 0.0158. The van der Waals surface area contributed by atoms with E-state index in [0.717, 1.165) is 41.5 Å². The first kappa shape index (κ1) is 65.3. The van der Waals surface area contributed by atoms with E-state index >= 15 is 0 Å². The predicted octanol–water partition coefficient (Wildman–Crippen LogP) is 4.48. The lowest BCUT2D eigenvalue weighted by atomic mass is 10.1. The van der Waals surface area contributed by atoms with Gasteiger partial charge in [0, 0.05) is 62.2 Å². The summed E-state index contributed by atoms with van der Waals surface area (Å²) in [6, 6.07) is 2.05. The quantitative estimate of drug-likeness (QED) is 0.0241. The van der Waals surface area contributed by atoms with Crippen molar-refractivity contribution in [2.45, 2.75) is 46.1 Å². The first-order chi connectivity index (χ1) is 37.5. The molecule has 0 spiro atoms. The molecule has 0 unspecified atom stereocenters. The number of benzene rings is 1. The van der Waals surface area contributed by atoms with Crippen LogP contribution in [-0.2, 0) is 77.9 Å². The number of rotatable bonds is 44. The van der Waals surface area contributed by atoms with Crippen LogP contribution in [0.4, 0.5) is 23.2 Å². The number of thiophene rings is 1. The SMILES string of the molecule is CCCN(OCC)C(=O)C1=Cc2sc(CN3CCN(C(=O)CCOCCOCCOCCOCCOCCOCCOCCOCCOCCOCCOCCC(=O)Oc4c(F)c(F)cc(F)c4F)CC3)cc2N=C(N)C1. The molecular formula is C51H77F4N5O16S. The molecule has 436 valence electrons. The predicted molar refractivity (Wildman–Crippen MR) is 274 cm³/mol. The Hall–Kier alpha value is -4.26. The summed E-state index contributed by atoms with van der Waals surface area (Å²) in [4.78, 5) is 54.2. The van der Waals surface area contributed by atoms with Crippen molar-refractivity contribution in [3.05, 3.63) is 50.7 Å². The Morgan fingerprint density at radius 2 is 1.04 bits per heavy atom. The monoisotopic (exact) mass is 1120 g/mol. The van der Waals surface area contributed by atoms with E-state index in [-0.39, 0.29) is 50.7 Å². The summed E-state index contributed by atoms with van der Waals surface area (Å²) in [5, 5.41) is 1.41. The van der Waals surface area contributed by atoms with Crippen molar-refractivity contribution >= 4 is 46.7 Å². The number of hydrogen-bond donors (Lipinski definition) is 1. The highest BCUT2D eigenvalue weighted by molar-refractivity contribution is 7.13. The lowest BCUT2D eigenvalue weighted by molar-refractivity contribution is -0.180. The number of carbonyl (C=O) groups excluding carboxylic acids is 3. The van der Waals surface area contributed by atoms with Crippen LogP contribution in [0.3, 0.4) is 0 Å². The average Bonchev–Trinajstić information content (AvgIpc) is 3.70. The number of fused-ring (bicyclic) bond motifs is 1. The van der Waals surface area contributed by atoms with Crippen LogP contribution in [0.5, 0.6) is 5.75 Å². The molecule has 4 rings (SSSR count). The van der Waals surface area contributed by atoms with E-state index < -0.39 is 41.4 Å². The maximum absolute atomic E-state index is 13.6. The van der Waals surface area contributed by atoms with Crippen molar-refractivity contribution in [1.82, 2.24) is 14.9 Å². The molecule has 2 amide bonds. The number of amidine groups is 1. The van der Waals surface area contributed by atoms with Gasteiger partial charge < -0.3 is 67.5 Å². The van der Waals surface area contributed by atoms with Gasteiger partial charge in [0.05, 0.1) is 175 Å². The van der Waals surface area contributed by atoms with E-state index in [0.29, 0.717) is 163 Å². The van der Waals surface area contributed by atoms with Crippen molar-refractivity contribution < 1.29 is 93.6 Å². The minimum atomic E-state index is -1.80. The number of hydroxylamine groups is 2. The summed E-state index contributed by atoms with van der Waals surface area (Å²) < 4.78 is 118. The van der Waals surface area contributed by atoms with Crippen LogP contribution < -0.4 is 10.5 Å². The highest BCUT2D eigenvalue weighted by Gasteiger charge is 2.26. The van der Waals surface area contributed by atoms with Crippen LogP contribution in [0.15, 0.2) is 22.7 Å². The van der Waals surface area contributed by atoms with Gasteiger partial charge in [-0.15, -0.1) is 11.3 Å². The van der Waals surface area contributed by atoms with Gasteiger partial charge in [0.1, 0.15) is 5.84 Å². The number of halogens is 4. The number of nitrogens with zero attached hydrogens (tertiary/aromatic N) is 4. The molecule has 2 aliphatic heterocycles. The van der Waals surface area contributed by atoms with Gasteiger partial charge >= 0.3 is 5.97 Å². The molecule has 1 aromatic carbocycles. The fourth-order valence-corrected chi connectivity index (χ4v) is 8.26. The summed E-state index contributed by atoms with van der Waals surface area (Å²) >= 11 is 1.60. The molecule has 2 N–H and O–H groups in total. The summed E-state index contributed by atoms with van der Waals surface area (Å²) in [5.41, 5.74) is 7.55. The molecule has 1 fully saturated rings. The number of ether oxygens (including phenoxy) is 12. The first-order valence-corrected chi connectivity index (χ1v) is 26.8.